The fraction of sp³-hybridized carbons (Fsp3) is 0.259. The topological polar surface area (TPSA) is 79.4 Å². The van der Waals surface area contributed by atoms with Crippen LogP contribution in [0.3, 0.4) is 0 Å². The van der Waals surface area contributed by atoms with Crippen LogP contribution in [-0.4, -0.2) is 33.6 Å². The minimum absolute atomic E-state index is 0.00213. The van der Waals surface area contributed by atoms with Crippen molar-refractivity contribution in [2.24, 2.45) is 5.92 Å². The normalized spacial score (nSPS) is 19.9. The first-order valence-corrected chi connectivity index (χ1v) is 11.4. The van der Waals surface area contributed by atoms with Gasteiger partial charge in [0.1, 0.15) is 0 Å². The van der Waals surface area contributed by atoms with Gasteiger partial charge in [0.2, 0.25) is 5.91 Å². The number of imide groups is 1. The highest BCUT2D eigenvalue weighted by atomic mass is 16.2. The molecule has 0 spiro atoms. The van der Waals surface area contributed by atoms with Crippen molar-refractivity contribution in [3.63, 3.8) is 0 Å². The van der Waals surface area contributed by atoms with Crippen LogP contribution in [0, 0.1) is 5.92 Å². The van der Waals surface area contributed by atoms with Gasteiger partial charge in [-0.3, -0.25) is 24.3 Å². The number of hydrogen-bond donors (Lipinski definition) is 1. The number of anilines is 1. The number of nitrogens with one attached hydrogen (secondary N) is 1. The Balaban J connectivity index is 1.15. The van der Waals surface area contributed by atoms with E-state index in [1.54, 1.807) is 36.7 Å². The van der Waals surface area contributed by atoms with Gasteiger partial charge < -0.3 is 5.32 Å². The number of hydrogen-bond acceptors (Lipinski definition) is 4. The predicted molar refractivity (Wildman–Crippen MR) is 125 cm³/mol. The van der Waals surface area contributed by atoms with Crippen LogP contribution in [0.1, 0.15) is 57.5 Å². The maximum Gasteiger partial charge on any atom is 0.261 e. The monoisotopic (exact) mass is 439 g/mol. The predicted octanol–water partition coefficient (Wildman–Crippen LogP) is 4.47. The Kier molecular flexibility index (Phi) is 5.73. The van der Waals surface area contributed by atoms with Crippen molar-refractivity contribution in [2.45, 2.75) is 38.1 Å². The van der Waals surface area contributed by atoms with Crippen LogP contribution < -0.4 is 5.32 Å². The molecule has 1 aromatic heterocycles. The molecule has 3 aromatic rings. The molecule has 0 atom stereocenters. The van der Waals surface area contributed by atoms with Crippen molar-refractivity contribution in [1.29, 1.82) is 0 Å². The van der Waals surface area contributed by atoms with E-state index in [1.807, 2.05) is 36.4 Å². The molecule has 3 amide bonds. The molecule has 2 heterocycles. The summed E-state index contributed by atoms with van der Waals surface area (Å²) in [5.74, 6) is -0.545. The third-order valence-electron chi connectivity index (χ3n) is 6.64. The summed E-state index contributed by atoms with van der Waals surface area (Å²) in [6.45, 7) is 0. The van der Waals surface area contributed by atoms with Gasteiger partial charge in [-0.1, -0.05) is 24.3 Å². The summed E-state index contributed by atoms with van der Waals surface area (Å²) in [5, 5.41) is 3.02. The Morgan fingerprint density at radius 1 is 0.818 bits per heavy atom. The molecule has 33 heavy (non-hydrogen) atoms. The first-order chi connectivity index (χ1) is 16.1. The summed E-state index contributed by atoms with van der Waals surface area (Å²) in [4.78, 5) is 43.7. The number of carbonyl (C=O) groups is 3. The van der Waals surface area contributed by atoms with Crippen LogP contribution >= 0.6 is 0 Å². The lowest BCUT2D eigenvalue weighted by Crippen LogP contribution is -2.43. The number of aromatic nitrogens is 1. The van der Waals surface area contributed by atoms with E-state index in [0.717, 1.165) is 12.1 Å². The molecule has 1 fully saturated rings. The zero-order chi connectivity index (χ0) is 22.8. The van der Waals surface area contributed by atoms with Gasteiger partial charge in [-0.2, -0.15) is 0 Å². The molecule has 6 heteroatoms. The maximum absolute atomic E-state index is 12.8. The minimum atomic E-state index is -0.213. The van der Waals surface area contributed by atoms with Crippen molar-refractivity contribution in [3.8, 4) is 0 Å². The quantitative estimate of drug-likeness (QED) is 0.595. The van der Waals surface area contributed by atoms with Crippen LogP contribution in [0.15, 0.2) is 73.1 Å². The van der Waals surface area contributed by atoms with E-state index in [4.69, 9.17) is 0 Å². The number of nitrogens with zero attached hydrogens (tertiary/aromatic N) is 2. The van der Waals surface area contributed by atoms with Gasteiger partial charge in [-0.05, 0) is 79.6 Å². The Hall–Kier alpha value is -3.80. The Bertz CT molecular complexity index is 1150. The largest absolute Gasteiger partial charge is 0.326 e. The summed E-state index contributed by atoms with van der Waals surface area (Å²) in [5.41, 5.74) is 4.10. The lowest BCUT2D eigenvalue weighted by atomic mass is 9.84. The number of fused-ring (bicyclic) bond motifs is 1. The Labute approximate surface area is 192 Å². The van der Waals surface area contributed by atoms with Gasteiger partial charge >= 0.3 is 0 Å². The first kappa shape index (κ1) is 21.1. The zero-order valence-electron chi connectivity index (χ0n) is 18.2. The SMILES string of the molecule is O=C(Nc1ccc(Cc2ccncc2)cc1)C1CCC(N2C(=O)c3ccccc3C2=O)CC1. The van der Waals surface area contributed by atoms with Crippen LogP contribution in [0.2, 0.25) is 0 Å². The molecule has 1 aliphatic carbocycles. The molecule has 5 rings (SSSR count). The summed E-state index contributed by atoms with van der Waals surface area (Å²) in [6, 6.07) is 18.7. The standard InChI is InChI=1S/C27H25N3O3/c31-25(29-21-9-5-18(6-10-21)17-19-13-15-28-16-14-19)20-7-11-22(12-8-20)30-26(32)23-3-1-2-4-24(23)27(30)33/h1-6,9-10,13-16,20,22H,7-8,11-12,17H2,(H,29,31). The van der Waals surface area contributed by atoms with E-state index < -0.39 is 0 Å². The van der Waals surface area contributed by atoms with Crippen molar-refractivity contribution in [2.75, 3.05) is 5.32 Å². The van der Waals surface area contributed by atoms with E-state index in [1.165, 1.54) is 16.0 Å². The molecule has 0 radical (unpaired) electrons. The molecule has 2 aliphatic rings. The van der Waals surface area contributed by atoms with E-state index in [2.05, 4.69) is 10.3 Å². The average molecular weight is 440 g/mol. The Morgan fingerprint density at radius 2 is 1.39 bits per heavy atom. The molecule has 0 bridgehead atoms. The van der Waals surface area contributed by atoms with Crippen LogP contribution in [0.4, 0.5) is 5.69 Å². The zero-order valence-corrected chi connectivity index (χ0v) is 18.2. The summed E-state index contributed by atoms with van der Waals surface area (Å²) in [6.07, 6.45) is 7.00. The van der Waals surface area contributed by atoms with Crippen LogP contribution in [-0.2, 0) is 11.2 Å². The first-order valence-electron chi connectivity index (χ1n) is 11.4. The smallest absolute Gasteiger partial charge is 0.261 e. The second-order valence-electron chi connectivity index (χ2n) is 8.75. The van der Waals surface area contributed by atoms with Crippen LogP contribution in [0.25, 0.3) is 0 Å². The number of benzene rings is 2. The second-order valence-corrected chi connectivity index (χ2v) is 8.75. The van der Waals surface area contributed by atoms with Crippen molar-refractivity contribution >= 4 is 23.4 Å². The van der Waals surface area contributed by atoms with Crippen molar-refractivity contribution < 1.29 is 14.4 Å². The fourth-order valence-electron chi connectivity index (χ4n) is 4.82. The van der Waals surface area contributed by atoms with Gasteiger partial charge in [-0.15, -0.1) is 0 Å². The molecular weight excluding hydrogens is 414 g/mol. The third kappa shape index (κ3) is 4.29. The number of amides is 3. The summed E-state index contributed by atoms with van der Waals surface area (Å²) < 4.78 is 0. The number of carbonyl (C=O) groups excluding carboxylic acids is 3. The molecule has 2 aromatic carbocycles. The van der Waals surface area contributed by atoms with Gasteiger partial charge in [0.05, 0.1) is 11.1 Å². The molecule has 0 saturated heterocycles. The van der Waals surface area contributed by atoms with Gasteiger partial charge in [0.15, 0.2) is 0 Å². The molecule has 166 valence electrons. The number of pyridine rings is 1. The molecule has 1 N–H and O–H groups in total. The van der Waals surface area contributed by atoms with Gasteiger partial charge in [-0.25, -0.2) is 0 Å². The average Bonchev–Trinajstić information content (AvgIpc) is 3.11. The highest BCUT2D eigenvalue weighted by molar-refractivity contribution is 6.21. The Morgan fingerprint density at radius 3 is 2.00 bits per heavy atom. The van der Waals surface area contributed by atoms with E-state index >= 15 is 0 Å². The highest BCUT2D eigenvalue weighted by Crippen LogP contribution is 2.33. The third-order valence-corrected chi connectivity index (χ3v) is 6.64. The van der Waals surface area contributed by atoms with Gasteiger partial charge in [0, 0.05) is 30.0 Å². The van der Waals surface area contributed by atoms with Crippen molar-refractivity contribution in [3.05, 3.63) is 95.3 Å². The molecule has 6 nitrogen and oxygen atoms in total. The lowest BCUT2D eigenvalue weighted by molar-refractivity contribution is -0.121. The minimum Gasteiger partial charge on any atom is -0.326 e. The van der Waals surface area contributed by atoms with E-state index in [9.17, 15) is 14.4 Å². The molecule has 1 saturated carbocycles. The van der Waals surface area contributed by atoms with Crippen molar-refractivity contribution in [1.82, 2.24) is 9.88 Å². The van der Waals surface area contributed by atoms with Crippen LogP contribution in [0.5, 0.6) is 0 Å². The highest BCUT2D eigenvalue weighted by Gasteiger charge is 2.41. The second kappa shape index (κ2) is 8.98. The molecular formula is C27H25N3O3. The lowest BCUT2D eigenvalue weighted by Gasteiger charge is -2.32. The molecule has 1 aliphatic heterocycles. The number of rotatable bonds is 5. The van der Waals surface area contributed by atoms with E-state index in [-0.39, 0.29) is 29.7 Å². The fourth-order valence-corrected chi connectivity index (χ4v) is 4.82. The van der Waals surface area contributed by atoms with E-state index in [0.29, 0.717) is 36.8 Å². The maximum atomic E-state index is 12.8. The van der Waals surface area contributed by atoms with Gasteiger partial charge in [0.25, 0.3) is 11.8 Å². The molecule has 0 unspecified atom stereocenters. The summed E-state index contributed by atoms with van der Waals surface area (Å²) in [7, 11) is 0. The summed E-state index contributed by atoms with van der Waals surface area (Å²) >= 11 is 0.